The second kappa shape index (κ2) is 4.35. The third kappa shape index (κ3) is 2.07. The van der Waals surface area contributed by atoms with Crippen LogP contribution in [0.1, 0.15) is 18.5 Å². The molecule has 3 heterocycles. The highest BCUT2D eigenvalue weighted by molar-refractivity contribution is 5.39. The smallest absolute Gasteiger partial charge is 0.179 e. The van der Waals surface area contributed by atoms with E-state index in [0.717, 1.165) is 23.7 Å². The van der Waals surface area contributed by atoms with Crippen molar-refractivity contribution in [1.82, 2.24) is 15.6 Å². The van der Waals surface area contributed by atoms with Crippen LogP contribution < -0.4 is 20.1 Å². The first-order valence-corrected chi connectivity index (χ1v) is 7.02. The molecule has 0 atom stereocenters. The third-order valence-corrected chi connectivity index (χ3v) is 4.42. The van der Waals surface area contributed by atoms with E-state index in [4.69, 9.17) is 9.47 Å². The molecule has 2 N–H and O–H groups in total. The topological polar surface area (TPSA) is 55.4 Å². The third-order valence-electron chi connectivity index (χ3n) is 4.42. The predicted molar refractivity (Wildman–Crippen MR) is 70.4 cm³/mol. The Morgan fingerprint density at radius 3 is 2.79 bits per heavy atom. The van der Waals surface area contributed by atoms with Crippen LogP contribution in [0.5, 0.6) is 11.5 Å². The van der Waals surface area contributed by atoms with Crippen molar-refractivity contribution >= 4 is 0 Å². The summed E-state index contributed by atoms with van der Waals surface area (Å²) in [4.78, 5) is 4.41. The lowest BCUT2D eigenvalue weighted by Crippen LogP contribution is -2.64. The molecule has 2 aliphatic heterocycles. The summed E-state index contributed by atoms with van der Waals surface area (Å²) < 4.78 is 11.0. The normalized spacial score (nSPS) is 23.8. The van der Waals surface area contributed by atoms with E-state index in [1.54, 1.807) is 6.20 Å². The second-order valence-electron chi connectivity index (χ2n) is 5.91. The summed E-state index contributed by atoms with van der Waals surface area (Å²) >= 11 is 0. The van der Waals surface area contributed by atoms with Crippen LogP contribution in [0, 0.1) is 5.41 Å². The van der Waals surface area contributed by atoms with E-state index in [0.29, 0.717) is 24.7 Å². The van der Waals surface area contributed by atoms with Crippen molar-refractivity contribution in [2.45, 2.75) is 25.4 Å². The van der Waals surface area contributed by atoms with Gasteiger partial charge in [-0.2, -0.15) is 0 Å². The number of hydrogen-bond acceptors (Lipinski definition) is 5. The number of pyridine rings is 1. The van der Waals surface area contributed by atoms with Gasteiger partial charge in [0, 0.05) is 31.7 Å². The van der Waals surface area contributed by atoms with Gasteiger partial charge >= 0.3 is 0 Å². The number of aromatic nitrogens is 1. The van der Waals surface area contributed by atoms with E-state index in [2.05, 4.69) is 15.6 Å². The zero-order valence-electron chi connectivity index (χ0n) is 10.9. The highest BCUT2D eigenvalue weighted by Gasteiger charge is 2.47. The monoisotopic (exact) mass is 261 g/mol. The summed E-state index contributed by atoms with van der Waals surface area (Å²) in [5.74, 6) is 1.59. The zero-order valence-corrected chi connectivity index (χ0v) is 10.9. The lowest BCUT2D eigenvalue weighted by atomic mass is 9.62. The van der Waals surface area contributed by atoms with Gasteiger partial charge in [-0.1, -0.05) is 0 Å². The molecule has 0 aromatic carbocycles. The van der Waals surface area contributed by atoms with Crippen LogP contribution in [0.15, 0.2) is 12.3 Å². The quantitative estimate of drug-likeness (QED) is 0.838. The average molecular weight is 261 g/mol. The zero-order chi connectivity index (χ0) is 12.7. The van der Waals surface area contributed by atoms with Gasteiger partial charge < -0.3 is 20.1 Å². The Labute approximate surface area is 112 Å². The summed E-state index contributed by atoms with van der Waals surface area (Å²) in [7, 11) is 0. The number of fused-ring (bicyclic) bond motifs is 1. The first-order chi connectivity index (χ1) is 9.33. The highest BCUT2D eigenvalue weighted by atomic mass is 16.6. The molecule has 1 spiro atoms. The number of nitrogens with one attached hydrogen (secondary N) is 2. The van der Waals surface area contributed by atoms with Gasteiger partial charge in [-0.3, -0.25) is 4.98 Å². The van der Waals surface area contributed by atoms with E-state index in [-0.39, 0.29) is 0 Å². The van der Waals surface area contributed by atoms with Crippen molar-refractivity contribution in [3.8, 4) is 11.5 Å². The van der Waals surface area contributed by atoms with Gasteiger partial charge in [0.15, 0.2) is 11.5 Å². The fourth-order valence-electron chi connectivity index (χ4n) is 3.23. The van der Waals surface area contributed by atoms with Crippen LogP contribution in [0.3, 0.4) is 0 Å². The first kappa shape index (κ1) is 11.5. The molecule has 5 nitrogen and oxygen atoms in total. The van der Waals surface area contributed by atoms with Gasteiger partial charge in [0.2, 0.25) is 0 Å². The first-order valence-electron chi connectivity index (χ1n) is 7.02. The molecule has 1 aromatic rings. The van der Waals surface area contributed by atoms with Crippen molar-refractivity contribution in [2.24, 2.45) is 5.41 Å². The molecule has 4 rings (SSSR count). The molecule has 5 heteroatoms. The van der Waals surface area contributed by atoms with E-state index >= 15 is 0 Å². The van der Waals surface area contributed by atoms with Crippen LogP contribution in [-0.2, 0) is 6.54 Å². The van der Waals surface area contributed by atoms with Crippen LogP contribution in [0.4, 0.5) is 0 Å². The SMILES string of the molecule is c1nc(CNC2CC3(CNC3)C2)cc2c1OCCO2. The van der Waals surface area contributed by atoms with Crippen molar-refractivity contribution in [2.75, 3.05) is 26.3 Å². The molecule has 3 aliphatic rings. The molecular weight excluding hydrogens is 242 g/mol. The van der Waals surface area contributed by atoms with Crippen LogP contribution in [0.25, 0.3) is 0 Å². The molecule has 2 fully saturated rings. The largest absolute Gasteiger partial charge is 0.486 e. The molecule has 0 amide bonds. The Hall–Kier alpha value is -1.33. The lowest BCUT2D eigenvalue weighted by Gasteiger charge is -2.54. The Morgan fingerprint density at radius 1 is 1.26 bits per heavy atom. The molecule has 1 aromatic heterocycles. The Balaban J connectivity index is 1.33. The molecule has 102 valence electrons. The van der Waals surface area contributed by atoms with E-state index < -0.39 is 0 Å². The van der Waals surface area contributed by atoms with E-state index in [9.17, 15) is 0 Å². The molecule has 19 heavy (non-hydrogen) atoms. The molecule has 1 aliphatic carbocycles. The number of rotatable bonds is 3. The maximum atomic E-state index is 5.57. The maximum Gasteiger partial charge on any atom is 0.179 e. The van der Waals surface area contributed by atoms with Crippen LogP contribution in [0.2, 0.25) is 0 Å². The van der Waals surface area contributed by atoms with Gasteiger partial charge in [0.05, 0.1) is 11.9 Å². The van der Waals surface area contributed by atoms with Gasteiger partial charge in [-0.25, -0.2) is 0 Å². The minimum atomic E-state index is 0.616. The standard InChI is InChI=1S/C14H19N3O2/c1-2-19-13-7-17-10(3-12(13)18-1)6-16-11-4-14(5-11)8-15-9-14/h3,7,11,15-16H,1-2,4-6,8-9H2. The second-order valence-corrected chi connectivity index (χ2v) is 5.91. The fourth-order valence-corrected chi connectivity index (χ4v) is 3.23. The summed E-state index contributed by atoms with van der Waals surface area (Å²) in [6.07, 6.45) is 4.36. The molecule has 0 radical (unpaired) electrons. The van der Waals surface area contributed by atoms with E-state index in [1.807, 2.05) is 6.07 Å². The summed E-state index contributed by atoms with van der Waals surface area (Å²) in [6.45, 7) is 4.46. The predicted octanol–water partition coefficient (Wildman–Crippen LogP) is 0.694. The number of nitrogens with zero attached hydrogens (tertiary/aromatic N) is 1. The van der Waals surface area contributed by atoms with Crippen molar-refractivity contribution in [3.63, 3.8) is 0 Å². The summed E-state index contributed by atoms with van der Waals surface area (Å²) in [5.41, 5.74) is 1.65. The molecule has 1 saturated carbocycles. The molecule has 0 unspecified atom stereocenters. The molecule has 0 bridgehead atoms. The van der Waals surface area contributed by atoms with Crippen molar-refractivity contribution < 1.29 is 9.47 Å². The van der Waals surface area contributed by atoms with Crippen LogP contribution in [-0.4, -0.2) is 37.3 Å². The Kier molecular flexibility index (Phi) is 2.63. The highest BCUT2D eigenvalue weighted by Crippen LogP contribution is 2.44. The van der Waals surface area contributed by atoms with Gasteiger partial charge in [-0.15, -0.1) is 0 Å². The minimum absolute atomic E-state index is 0.616. The summed E-state index contributed by atoms with van der Waals surface area (Å²) in [5, 5.41) is 6.94. The van der Waals surface area contributed by atoms with Crippen molar-refractivity contribution in [3.05, 3.63) is 18.0 Å². The van der Waals surface area contributed by atoms with Crippen LogP contribution >= 0.6 is 0 Å². The Bertz CT molecular complexity index is 480. The number of hydrogen-bond donors (Lipinski definition) is 2. The van der Waals surface area contributed by atoms with Gasteiger partial charge in [-0.05, 0) is 18.3 Å². The molecule has 1 saturated heterocycles. The lowest BCUT2D eigenvalue weighted by molar-refractivity contribution is 0.0228. The van der Waals surface area contributed by atoms with Gasteiger partial charge in [0.1, 0.15) is 13.2 Å². The summed E-state index contributed by atoms with van der Waals surface area (Å²) in [6, 6.07) is 2.64. The Morgan fingerprint density at radius 2 is 2.05 bits per heavy atom. The van der Waals surface area contributed by atoms with Gasteiger partial charge in [0.25, 0.3) is 0 Å². The minimum Gasteiger partial charge on any atom is -0.486 e. The average Bonchev–Trinajstić information content (AvgIpc) is 2.35. The fraction of sp³-hybridized carbons (Fsp3) is 0.643. The van der Waals surface area contributed by atoms with E-state index in [1.165, 1.54) is 25.9 Å². The van der Waals surface area contributed by atoms with Crippen molar-refractivity contribution in [1.29, 1.82) is 0 Å². The number of ether oxygens (including phenoxy) is 2. The molecular formula is C14H19N3O2. The maximum absolute atomic E-state index is 5.57.